The van der Waals surface area contributed by atoms with Gasteiger partial charge in [0.25, 0.3) is 5.69 Å². The van der Waals surface area contributed by atoms with Crippen LogP contribution in [0.15, 0.2) is 18.2 Å². The lowest BCUT2D eigenvalue weighted by Crippen LogP contribution is -2.30. The minimum Gasteiger partial charge on any atom is -0.479 e. The number of hydrogen-bond donors (Lipinski definition) is 2. The second kappa shape index (κ2) is 6.50. The van der Waals surface area contributed by atoms with Gasteiger partial charge in [-0.3, -0.25) is 10.1 Å². The van der Waals surface area contributed by atoms with Crippen molar-refractivity contribution in [3.8, 4) is 0 Å². The Hall–Kier alpha value is -1.42. The van der Waals surface area contributed by atoms with E-state index in [-0.39, 0.29) is 17.9 Å². The van der Waals surface area contributed by atoms with Crippen molar-refractivity contribution in [1.82, 2.24) is 0 Å². The molecule has 0 aliphatic carbocycles. The van der Waals surface area contributed by atoms with Crippen LogP contribution in [-0.4, -0.2) is 35.8 Å². The van der Waals surface area contributed by atoms with E-state index < -0.39 is 17.0 Å². The number of benzene rings is 1. The molecule has 7 nitrogen and oxygen atoms in total. The average Bonchev–Trinajstić information content (AvgIpc) is 2.30. The molecule has 0 amide bonds. The molecule has 0 aliphatic heterocycles. The van der Waals surface area contributed by atoms with Crippen molar-refractivity contribution in [1.29, 1.82) is 0 Å². The maximum Gasteiger partial charge on any atom is 0.334 e. The van der Waals surface area contributed by atoms with Crippen molar-refractivity contribution in [2.45, 2.75) is 6.10 Å². The molecule has 0 saturated heterocycles. The maximum atomic E-state index is 10.8. The van der Waals surface area contributed by atoms with Gasteiger partial charge in [-0.25, -0.2) is 4.79 Å². The Morgan fingerprint density at radius 3 is 2.83 bits per heavy atom. The van der Waals surface area contributed by atoms with E-state index in [1.165, 1.54) is 19.2 Å². The van der Waals surface area contributed by atoms with E-state index in [1.54, 1.807) is 6.07 Å². The van der Waals surface area contributed by atoms with Gasteiger partial charge in [0.1, 0.15) is 5.69 Å². The number of carboxylic acid groups (broad SMARTS) is 1. The van der Waals surface area contributed by atoms with E-state index in [1.807, 2.05) is 22.6 Å². The Balaban J connectivity index is 2.84. The first kappa shape index (κ1) is 14.6. The minimum absolute atomic E-state index is 0.0483. The number of methoxy groups -OCH3 is 1. The molecule has 1 aromatic carbocycles. The lowest BCUT2D eigenvalue weighted by atomic mass is 10.2. The summed E-state index contributed by atoms with van der Waals surface area (Å²) in [5, 5.41) is 22.3. The first-order valence-corrected chi connectivity index (χ1v) is 5.97. The molecular weight excluding hydrogens is 355 g/mol. The van der Waals surface area contributed by atoms with Crippen LogP contribution in [0.2, 0.25) is 0 Å². The molecule has 2 N–H and O–H groups in total. The molecule has 0 radical (unpaired) electrons. The normalized spacial score (nSPS) is 11.9. The zero-order chi connectivity index (χ0) is 13.7. The van der Waals surface area contributed by atoms with E-state index in [2.05, 4.69) is 5.32 Å². The van der Waals surface area contributed by atoms with Crippen molar-refractivity contribution in [2.75, 3.05) is 19.0 Å². The molecule has 0 saturated carbocycles. The van der Waals surface area contributed by atoms with E-state index >= 15 is 0 Å². The van der Waals surface area contributed by atoms with Crippen molar-refractivity contribution >= 4 is 39.9 Å². The summed E-state index contributed by atoms with van der Waals surface area (Å²) >= 11 is 1.96. The number of nitro benzene ring substituents is 1. The Bertz CT molecular complexity index is 466. The number of halogens is 1. The topological polar surface area (TPSA) is 102 Å². The molecule has 1 rings (SSSR count). The Morgan fingerprint density at radius 1 is 1.67 bits per heavy atom. The zero-order valence-corrected chi connectivity index (χ0v) is 11.6. The van der Waals surface area contributed by atoms with Gasteiger partial charge in [-0.2, -0.15) is 0 Å². The van der Waals surface area contributed by atoms with Crippen molar-refractivity contribution in [3.05, 3.63) is 31.9 Å². The molecule has 0 bridgehead atoms. The number of ether oxygens (including phenoxy) is 1. The largest absolute Gasteiger partial charge is 0.479 e. The number of rotatable bonds is 6. The number of nitrogens with one attached hydrogen (secondary N) is 1. The highest BCUT2D eigenvalue weighted by atomic mass is 127. The first-order chi connectivity index (χ1) is 8.45. The van der Waals surface area contributed by atoms with Gasteiger partial charge in [-0.15, -0.1) is 0 Å². The molecular formula is C10H11IN2O5. The van der Waals surface area contributed by atoms with Crippen LogP contribution in [-0.2, 0) is 9.53 Å². The average molecular weight is 366 g/mol. The predicted molar refractivity (Wildman–Crippen MR) is 72.7 cm³/mol. The van der Waals surface area contributed by atoms with Crippen molar-refractivity contribution in [2.24, 2.45) is 0 Å². The standard InChI is InChI=1S/C10H11IN2O5/c1-18-9(10(14)15)5-12-7-3-2-6(11)4-8(7)13(16)17/h2-4,9,12H,5H2,1H3,(H,14,15). The van der Waals surface area contributed by atoms with Crippen LogP contribution in [0.3, 0.4) is 0 Å². The highest BCUT2D eigenvalue weighted by Gasteiger charge is 2.19. The fraction of sp³-hybridized carbons (Fsp3) is 0.300. The number of carbonyl (C=O) groups is 1. The van der Waals surface area contributed by atoms with Crippen LogP contribution < -0.4 is 5.32 Å². The Morgan fingerprint density at radius 2 is 2.33 bits per heavy atom. The van der Waals surface area contributed by atoms with E-state index in [4.69, 9.17) is 9.84 Å². The second-order valence-corrected chi connectivity index (χ2v) is 4.61. The number of nitro groups is 1. The summed E-state index contributed by atoms with van der Waals surface area (Å²) < 4.78 is 5.45. The summed E-state index contributed by atoms with van der Waals surface area (Å²) in [6.45, 7) is -0.0483. The SMILES string of the molecule is COC(CNc1ccc(I)cc1[N+](=O)[O-])C(=O)O. The summed E-state index contributed by atoms with van der Waals surface area (Å²) in [6, 6.07) is 4.64. The lowest BCUT2D eigenvalue weighted by molar-refractivity contribution is -0.384. The first-order valence-electron chi connectivity index (χ1n) is 4.89. The third kappa shape index (κ3) is 3.81. The number of anilines is 1. The minimum atomic E-state index is -1.13. The monoisotopic (exact) mass is 366 g/mol. The molecule has 1 unspecified atom stereocenters. The van der Waals surface area contributed by atoms with Gasteiger partial charge in [-0.1, -0.05) is 0 Å². The van der Waals surface area contributed by atoms with E-state index in [0.29, 0.717) is 0 Å². The van der Waals surface area contributed by atoms with Crippen LogP contribution in [0, 0.1) is 13.7 Å². The second-order valence-electron chi connectivity index (χ2n) is 3.36. The van der Waals surface area contributed by atoms with Crippen molar-refractivity contribution in [3.63, 3.8) is 0 Å². The van der Waals surface area contributed by atoms with E-state index in [0.717, 1.165) is 3.57 Å². The summed E-state index contributed by atoms with van der Waals surface area (Å²) in [4.78, 5) is 21.0. The van der Waals surface area contributed by atoms with Crippen LogP contribution in [0.5, 0.6) is 0 Å². The predicted octanol–water partition coefficient (Wildman–Crippen LogP) is 1.71. The smallest absolute Gasteiger partial charge is 0.334 e. The highest BCUT2D eigenvalue weighted by molar-refractivity contribution is 14.1. The maximum absolute atomic E-state index is 10.8. The lowest BCUT2D eigenvalue weighted by Gasteiger charge is -2.12. The van der Waals surface area contributed by atoms with Crippen LogP contribution in [0.1, 0.15) is 0 Å². The molecule has 8 heteroatoms. The van der Waals surface area contributed by atoms with Gasteiger partial charge in [0, 0.05) is 16.7 Å². The van der Waals surface area contributed by atoms with Gasteiger partial charge in [0.05, 0.1) is 11.5 Å². The van der Waals surface area contributed by atoms with E-state index in [9.17, 15) is 14.9 Å². The molecule has 18 heavy (non-hydrogen) atoms. The molecule has 98 valence electrons. The van der Waals surface area contributed by atoms with Gasteiger partial charge >= 0.3 is 5.97 Å². The highest BCUT2D eigenvalue weighted by Crippen LogP contribution is 2.26. The van der Waals surface area contributed by atoms with Crippen LogP contribution in [0.25, 0.3) is 0 Å². The molecule has 0 fully saturated rings. The summed E-state index contributed by atoms with van der Waals surface area (Å²) in [7, 11) is 1.27. The van der Waals surface area contributed by atoms with Gasteiger partial charge in [0.2, 0.25) is 0 Å². The fourth-order valence-corrected chi connectivity index (χ4v) is 1.75. The molecule has 0 aliphatic rings. The van der Waals surface area contributed by atoms with Gasteiger partial charge < -0.3 is 15.2 Å². The third-order valence-electron chi connectivity index (χ3n) is 2.19. The van der Waals surface area contributed by atoms with Gasteiger partial charge in [0.15, 0.2) is 6.10 Å². The summed E-state index contributed by atoms with van der Waals surface area (Å²) in [5.74, 6) is -1.13. The molecule has 1 atom stereocenters. The quantitative estimate of drug-likeness (QED) is 0.452. The molecule has 0 aromatic heterocycles. The Labute approximate surface area is 116 Å². The number of hydrogen-bond acceptors (Lipinski definition) is 5. The summed E-state index contributed by atoms with van der Waals surface area (Å²) in [6.07, 6.45) is -1.05. The molecule has 0 spiro atoms. The van der Waals surface area contributed by atoms with Gasteiger partial charge in [-0.05, 0) is 34.7 Å². The number of nitrogens with zero attached hydrogens (tertiary/aromatic N) is 1. The summed E-state index contributed by atoms with van der Waals surface area (Å²) in [5.41, 5.74) is 0.172. The number of carboxylic acids is 1. The van der Waals surface area contributed by atoms with Crippen molar-refractivity contribution < 1.29 is 19.6 Å². The zero-order valence-electron chi connectivity index (χ0n) is 9.42. The van der Waals surface area contributed by atoms with Crippen LogP contribution >= 0.6 is 22.6 Å². The third-order valence-corrected chi connectivity index (χ3v) is 2.87. The molecule has 1 aromatic rings. The Kier molecular flexibility index (Phi) is 5.28. The van der Waals surface area contributed by atoms with Crippen LogP contribution in [0.4, 0.5) is 11.4 Å². The fourth-order valence-electron chi connectivity index (χ4n) is 1.28. The number of aliphatic carboxylic acids is 1. The molecule has 0 heterocycles.